The Morgan fingerprint density at radius 1 is 1.38 bits per heavy atom. The van der Waals surface area contributed by atoms with Crippen LogP contribution in [0.1, 0.15) is 33.6 Å². The van der Waals surface area contributed by atoms with E-state index in [2.05, 4.69) is 5.32 Å². The van der Waals surface area contributed by atoms with Crippen LogP contribution in [0.2, 0.25) is 0 Å². The Morgan fingerprint density at radius 2 is 2.00 bits per heavy atom. The topological polar surface area (TPSA) is 12.0 Å². The second-order valence-corrected chi connectivity index (χ2v) is 5.18. The molecule has 3 heteroatoms. The van der Waals surface area contributed by atoms with E-state index >= 15 is 0 Å². The third-order valence-electron chi connectivity index (χ3n) is 2.48. The largest absolute Gasteiger partial charge is 0.316 e. The molecule has 0 aliphatic carbocycles. The van der Waals surface area contributed by atoms with E-state index in [1.165, 1.54) is 0 Å². The van der Waals surface area contributed by atoms with Gasteiger partial charge in [0.05, 0.1) is 0 Å². The van der Waals surface area contributed by atoms with Gasteiger partial charge in [0.2, 0.25) is 0 Å². The molecule has 1 unspecified atom stereocenters. The van der Waals surface area contributed by atoms with Crippen molar-refractivity contribution in [2.24, 2.45) is 11.3 Å². The molecule has 1 heterocycles. The first kappa shape index (κ1) is 10.9. The summed E-state index contributed by atoms with van der Waals surface area (Å²) in [5.41, 5.74) is -0.00683. The van der Waals surface area contributed by atoms with E-state index in [-0.39, 0.29) is 11.8 Å². The van der Waals surface area contributed by atoms with Crippen LogP contribution in [-0.4, -0.2) is 19.0 Å². The highest BCUT2D eigenvalue weighted by atomic mass is 19.3. The van der Waals surface area contributed by atoms with Crippen molar-refractivity contribution in [3.05, 3.63) is 0 Å². The maximum absolute atomic E-state index is 13.4. The van der Waals surface area contributed by atoms with Crippen molar-refractivity contribution in [2.45, 2.75) is 39.5 Å². The standard InChI is InChI=1S/C10H19F2N/c1-9(2,3)6-8-7-13-5-4-10(8,11)12/h8,13H,4-7H2,1-3H3. The summed E-state index contributed by atoms with van der Waals surface area (Å²) in [6.45, 7) is 6.95. The quantitative estimate of drug-likeness (QED) is 0.672. The second kappa shape index (κ2) is 3.52. The fourth-order valence-electron chi connectivity index (χ4n) is 1.85. The van der Waals surface area contributed by atoms with E-state index in [9.17, 15) is 8.78 Å². The van der Waals surface area contributed by atoms with E-state index in [1.54, 1.807) is 0 Å². The molecule has 0 spiro atoms. The smallest absolute Gasteiger partial charge is 0.253 e. The van der Waals surface area contributed by atoms with E-state index in [0.717, 1.165) is 0 Å². The molecule has 1 N–H and O–H groups in total. The summed E-state index contributed by atoms with van der Waals surface area (Å²) in [6.07, 6.45) is 0.584. The van der Waals surface area contributed by atoms with Gasteiger partial charge >= 0.3 is 0 Å². The minimum Gasteiger partial charge on any atom is -0.316 e. The highest BCUT2D eigenvalue weighted by Crippen LogP contribution is 2.37. The zero-order valence-electron chi connectivity index (χ0n) is 8.66. The van der Waals surface area contributed by atoms with E-state index < -0.39 is 11.8 Å². The maximum atomic E-state index is 13.4. The molecule has 1 saturated heterocycles. The summed E-state index contributed by atoms with van der Waals surface area (Å²) in [4.78, 5) is 0. The van der Waals surface area contributed by atoms with Gasteiger partial charge in [-0.15, -0.1) is 0 Å². The Morgan fingerprint density at radius 3 is 2.46 bits per heavy atom. The number of hydrogen-bond acceptors (Lipinski definition) is 1. The summed E-state index contributed by atoms with van der Waals surface area (Å²) < 4.78 is 26.7. The molecule has 0 saturated carbocycles. The molecule has 1 aliphatic rings. The predicted molar refractivity (Wildman–Crippen MR) is 50.0 cm³/mol. The number of halogens is 2. The van der Waals surface area contributed by atoms with Crippen molar-refractivity contribution in [3.63, 3.8) is 0 Å². The Kier molecular flexibility index (Phi) is 2.95. The van der Waals surface area contributed by atoms with Crippen molar-refractivity contribution in [3.8, 4) is 0 Å². The van der Waals surface area contributed by atoms with Gasteiger partial charge in [-0.05, 0) is 11.8 Å². The molecular weight excluding hydrogens is 172 g/mol. The highest BCUT2D eigenvalue weighted by molar-refractivity contribution is 4.86. The summed E-state index contributed by atoms with van der Waals surface area (Å²) in [6, 6.07) is 0. The summed E-state index contributed by atoms with van der Waals surface area (Å²) in [5, 5.41) is 3.03. The van der Waals surface area contributed by atoms with E-state index in [0.29, 0.717) is 19.5 Å². The zero-order chi connectivity index (χ0) is 10.1. The van der Waals surface area contributed by atoms with Crippen LogP contribution in [0, 0.1) is 11.3 Å². The van der Waals surface area contributed by atoms with Gasteiger partial charge in [0.15, 0.2) is 0 Å². The monoisotopic (exact) mass is 191 g/mol. The molecular formula is C10H19F2N. The van der Waals surface area contributed by atoms with Crippen LogP contribution in [0.15, 0.2) is 0 Å². The van der Waals surface area contributed by atoms with Crippen LogP contribution in [0.4, 0.5) is 8.78 Å². The van der Waals surface area contributed by atoms with Crippen LogP contribution < -0.4 is 5.32 Å². The first-order valence-electron chi connectivity index (χ1n) is 4.90. The molecule has 0 aromatic carbocycles. The molecule has 1 aliphatic heterocycles. The number of nitrogens with one attached hydrogen (secondary N) is 1. The Balaban J connectivity index is 2.56. The zero-order valence-corrected chi connectivity index (χ0v) is 8.66. The van der Waals surface area contributed by atoms with Gasteiger partial charge in [0, 0.05) is 25.4 Å². The Bertz CT molecular complexity index is 172. The highest BCUT2D eigenvalue weighted by Gasteiger charge is 2.42. The third kappa shape index (κ3) is 3.22. The molecule has 0 aromatic heterocycles. The average Bonchev–Trinajstić information content (AvgIpc) is 1.91. The average molecular weight is 191 g/mol. The fourth-order valence-corrected chi connectivity index (χ4v) is 1.85. The first-order chi connectivity index (χ1) is 5.81. The molecule has 0 amide bonds. The molecule has 0 bridgehead atoms. The number of rotatable bonds is 1. The number of piperidine rings is 1. The van der Waals surface area contributed by atoms with Gasteiger partial charge in [-0.1, -0.05) is 20.8 Å². The molecule has 1 atom stereocenters. The predicted octanol–water partition coefficient (Wildman–Crippen LogP) is 2.67. The van der Waals surface area contributed by atoms with E-state index in [1.807, 2.05) is 20.8 Å². The lowest BCUT2D eigenvalue weighted by molar-refractivity contribution is -0.0896. The van der Waals surface area contributed by atoms with Gasteiger partial charge in [0.1, 0.15) is 0 Å². The second-order valence-electron chi connectivity index (χ2n) is 5.18. The van der Waals surface area contributed by atoms with Gasteiger partial charge in [-0.2, -0.15) is 0 Å². The summed E-state index contributed by atoms with van der Waals surface area (Å²) >= 11 is 0. The number of alkyl halides is 2. The molecule has 1 fully saturated rings. The summed E-state index contributed by atoms with van der Waals surface area (Å²) in [5.74, 6) is -2.94. The Labute approximate surface area is 78.9 Å². The third-order valence-corrected chi connectivity index (χ3v) is 2.48. The molecule has 0 radical (unpaired) electrons. The molecule has 13 heavy (non-hydrogen) atoms. The number of hydrogen-bond donors (Lipinski definition) is 1. The lowest BCUT2D eigenvalue weighted by atomic mass is 9.80. The van der Waals surface area contributed by atoms with Crippen molar-refractivity contribution in [1.29, 1.82) is 0 Å². The normalized spacial score (nSPS) is 28.8. The molecule has 1 nitrogen and oxygen atoms in total. The van der Waals surface area contributed by atoms with Gasteiger partial charge < -0.3 is 5.32 Å². The van der Waals surface area contributed by atoms with Crippen LogP contribution >= 0.6 is 0 Å². The minimum absolute atomic E-state index is 0.00620. The fraction of sp³-hybridized carbons (Fsp3) is 1.00. The van der Waals surface area contributed by atoms with Gasteiger partial charge in [-0.25, -0.2) is 8.78 Å². The van der Waals surface area contributed by atoms with Crippen LogP contribution in [-0.2, 0) is 0 Å². The van der Waals surface area contributed by atoms with Crippen LogP contribution in [0.3, 0.4) is 0 Å². The van der Waals surface area contributed by atoms with Crippen LogP contribution in [0.5, 0.6) is 0 Å². The minimum atomic E-state index is -2.46. The molecule has 0 aromatic rings. The van der Waals surface area contributed by atoms with Crippen molar-refractivity contribution >= 4 is 0 Å². The van der Waals surface area contributed by atoms with Crippen molar-refractivity contribution < 1.29 is 8.78 Å². The first-order valence-corrected chi connectivity index (χ1v) is 4.90. The Hall–Kier alpha value is -0.180. The van der Waals surface area contributed by atoms with Gasteiger partial charge in [-0.3, -0.25) is 0 Å². The van der Waals surface area contributed by atoms with Crippen molar-refractivity contribution in [1.82, 2.24) is 5.32 Å². The maximum Gasteiger partial charge on any atom is 0.253 e. The SMILES string of the molecule is CC(C)(C)CC1CNCCC1(F)F. The van der Waals surface area contributed by atoms with Crippen molar-refractivity contribution in [2.75, 3.05) is 13.1 Å². The van der Waals surface area contributed by atoms with Crippen LogP contribution in [0.25, 0.3) is 0 Å². The van der Waals surface area contributed by atoms with Gasteiger partial charge in [0.25, 0.3) is 5.92 Å². The summed E-state index contributed by atoms with van der Waals surface area (Å²) in [7, 11) is 0. The lowest BCUT2D eigenvalue weighted by Crippen LogP contribution is -2.45. The lowest BCUT2D eigenvalue weighted by Gasteiger charge is -2.35. The molecule has 1 rings (SSSR count). The molecule has 78 valence electrons. The van der Waals surface area contributed by atoms with E-state index in [4.69, 9.17) is 0 Å².